The van der Waals surface area contributed by atoms with Crippen molar-refractivity contribution in [2.75, 3.05) is 7.11 Å². The van der Waals surface area contributed by atoms with E-state index in [2.05, 4.69) is 9.72 Å². The third kappa shape index (κ3) is 1.64. The Bertz CT molecular complexity index is 312. The average Bonchev–Trinajstić information content (AvgIpc) is 2.08. The van der Waals surface area contributed by atoms with Crippen LogP contribution in [0.3, 0.4) is 0 Å². The summed E-state index contributed by atoms with van der Waals surface area (Å²) < 4.78 is 4.49. The van der Waals surface area contributed by atoms with Gasteiger partial charge < -0.3 is 4.74 Å². The fourth-order valence-electron chi connectivity index (χ4n) is 0.783. The number of carbonyl (C=O) groups is 1. The second-order valence-electron chi connectivity index (χ2n) is 2.42. The minimum Gasteiger partial charge on any atom is -0.464 e. The highest BCUT2D eigenvalue weighted by Gasteiger charge is 2.06. The molecule has 1 heterocycles. The van der Waals surface area contributed by atoms with Crippen LogP contribution in [0.15, 0.2) is 12.3 Å². The van der Waals surface area contributed by atoms with E-state index in [0.29, 0.717) is 5.46 Å². The van der Waals surface area contributed by atoms with E-state index in [1.54, 1.807) is 6.07 Å². The number of aryl methyl sites for hydroxylation is 1. The van der Waals surface area contributed by atoms with Crippen molar-refractivity contribution in [2.45, 2.75) is 6.92 Å². The summed E-state index contributed by atoms with van der Waals surface area (Å²) >= 11 is 0. The monoisotopic (exact) mass is 161 g/mol. The van der Waals surface area contributed by atoms with Gasteiger partial charge in [0.15, 0.2) is 0 Å². The van der Waals surface area contributed by atoms with Gasteiger partial charge >= 0.3 is 5.97 Å². The molecule has 1 rings (SSSR count). The highest BCUT2D eigenvalue weighted by molar-refractivity contribution is 6.33. The van der Waals surface area contributed by atoms with Gasteiger partial charge in [-0.2, -0.15) is 0 Å². The zero-order valence-electron chi connectivity index (χ0n) is 7.00. The van der Waals surface area contributed by atoms with Crippen molar-refractivity contribution in [3.05, 3.63) is 23.5 Å². The molecular formula is C8H8BNO2. The second kappa shape index (κ2) is 3.39. The Morgan fingerprint density at radius 2 is 2.33 bits per heavy atom. The van der Waals surface area contributed by atoms with Crippen molar-refractivity contribution in [1.29, 1.82) is 0 Å². The fraction of sp³-hybridized carbons (Fsp3) is 0.250. The smallest absolute Gasteiger partial charge is 0.356 e. The van der Waals surface area contributed by atoms with Crippen molar-refractivity contribution in [2.24, 2.45) is 0 Å². The lowest BCUT2D eigenvalue weighted by Gasteiger charge is -2.01. The molecule has 60 valence electrons. The van der Waals surface area contributed by atoms with Crippen LogP contribution in [0.5, 0.6) is 0 Å². The highest BCUT2D eigenvalue weighted by Crippen LogP contribution is 1.98. The standard InChI is InChI=1S/C8H8BNO2/c1-5-3-7(8(11)12-2)10-4-6(5)9/h3-4H,1-2H3. The summed E-state index contributed by atoms with van der Waals surface area (Å²) in [5, 5.41) is 0. The van der Waals surface area contributed by atoms with Gasteiger partial charge in [0, 0.05) is 6.20 Å². The van der Waals surface area contributed by atoms with Gasteiger partial charge in [-0.25, -0.2) is 9.78 Å². The van der Waals surface area contributed by atoms with Gasteiger partial charge in [-0.05, 0) is 13.0 Å². The van der Waals surface area contributed by atoms with Crippen LogP contribution >= 0.6 is 0 Å². The molecular weight excluding hydrogens is 153 g/mol. The first kappa shape index (κ1) is 8.78. The first-order valence-electron chi connectivity index (χ1n) is 3.45. The summed E-state index contributed by atoms with van der Waals surface area (Å²) in [6.07, 6.45) is 1.45. The molecule has 0 aromatic carbocycles. The van der Waals surface area contributed by atoms with E-state index in [-0.39, 0.29) is 5.69 Å². The van der Waals surface area contributed by atoms with Crippen LogP contribution in [0.4, 0.5) is 0 Å². The Morgan fingerprint density at radius 3 is 2.83 bits per heavy atom. The van der Waals surface area contributed by atoms with E-state index in [0.717, 1.165) is 5.56 Å². The molecule has 12 heavy (non-hydrogen) atoms. The molecule has 0 amide bonds. The lowest BCUT2D eigenvalue weighted by atomic mass is 9.93. The van der Waals surface area contributed by atoms with E-state index in [9.17, 15) is 4.79 Å². The molecule has 0 fully saturated rings. The number of hydrogen-bond donors (Lipinski definition) is 0. The molecule has 0 aliphatic carbocycles. The summed E-state index contributed by atoms with van der Waals surface area (Å²) in [6.45, 7) is 1.81. The van der Waals surface area contributed by atoms with Gasteiger partial charge in [-0.1, -0.05) is 11.0 Å². The minimum absolute atomic E-state index is 0.282. The number of carbonyl (C=O) groups excluding carboxylic acids is 1. The Labute approximate surface area is 72.2 Å². The molecule has 0 atom stereocenters. The zero-order chi connectivity index (χ0) is 9.14. The quantitative estimate of drug-likeness (QED) is 0.428. The first-order chi connectivity index (χ1) is 5.65. The van der Waals surface area contributed by atoms with Crippen molar-refractivity contribution in [1.82, 2.24) is 4.98 Å². The number of pyridine rings is 1. The largest absolute Gasteiger partial charge is 0.464 e. The van der Waals surface area contributed by atoms with Crippen molar-refractivity contribution in [3.63, 3.8) is 0 Å². The fourth-order valence-corrected chi connectivity index (χ4v) is 0.783. The van der Waals surface area contributed by atoms with Gasteiger partial charge in [0.05, 0.1) is 7.11 Å². The maximum Gasteiger partial charge on any atom is 0.356 e. The molecule has 0 bridgehead atoms. The second-order valence-corrected chi connectivity index (χ2v) is 2.42. The minimum atomic E-state index is -0.446. The lowest BCUT2D eigenvalue weighted by molar-refractivity contribution is 0.0594. The SMILES string of the molecule is [B]c1cnc(C(=O)OC)cc1C. The number of ether oxygens (including phenoxy) is 1. The molecule has 0 spiro atoms. The van der Waals surface area contributed by atoms with Crippen LogP contribution in [0.25, 0.3) is 0 Å². The molecule has 0 aliphatic heterocycles. The molecule has 0 saturated carbocycles. The van der Waals surface area contributed by atoms with E-state index < -0.39 is 5.97 Å². The molecule has 0 N–H and O–H groups in total. The van der Waals surface area contributed by atoms with Gasteiger partial charge in [0.2, 0.25) is 0 Å². The molecule has 1 aromatic heterocycles. The van der Waals surface area contributed by atoms with E-state index >= 15 is 0 Å². The predicted molar refractivity (Wildman–Crippen MR) is 45.7 cm³/mol. The molecule has 0 aliphatic rings. The van der Waals surface area contributed by atoms with Gasteiger partial charge in [0.25, 0.3) is 0 Å². The number of methoxy groups -OCH3 is 1. The van der Waals surface area contributed by atoms with E-state index in [1.165, 1.54) is 13.3 Å². The number of rotatable bonds is 1. The van der Waals surface area contributed by atoms with E-state index in [4.69, 9.17) is 7.85 Å². The van der Waals surface area contributed by atoms with Gasteiger partial charge in [-0.15, -0.1) is 0 Å². The van der Waals surface area contributed by atoms with Crippen LogP contribution in [-0.2, 0) is 4.74 Å². The van der Waals surface area contributed by atoms with Gasteiger partial charge in [0.1, 0.15) is 13.5 Å². The normalized spacial score (nSPS) is 9.50. The van der Waals surface area contributed by atoms with Crippen LogP contribution in [-0.4, -0.2) is 25.9 Å². The average molecular weight is 161 g/mol. The molecule has 4 heteroatoms. The Morgan fingerprint density at radius 1 is 1.67 bits per heavy atom. The number of nitrogens with zero attached hydrogens (tertiary/aromatic N) is 1. The van der Waals surface area contributed by atoms with Crippen LogP contribution in [0.1, 0.15) is 16.1 Å². The van der Waals surface area contributed by atoms with Crippen LogP contribution in [0.2, 0.25) is 0 Å². The Hall–Kier alpha value is -1.32. The summed E-state index contributed by atoms with van der Waals surface area (Å²) in [4.78, 5) is 14.8. The predicted octanol–water partition coefficient (Wildman–Crippen LogP) is -0.0296. The van der Waals surface area contributed by atoms with Crippen molar-refractivity contribution < 1.29 is 9.53 Å². The topological polar surface area (TPSA) is 39.2 Å². The molecule has 0 saturated heterocycles. The lowest BCUT2D eigenvalue weighted by Crippen LogP contribution is -2.13. The van der Waals surface area contributed by atoms with Crippen LogP contribution in [0, 0.1) is 6.92 Å². The van der Waals surface area contributed by atoms with Crippen LogP contribution < -0.4 is 5.46 Å². The third-order valence-corrected chi connectivity index (χ3v) is 1.55. The Balaban J connectivity index is 3.05. The zero-order valence-corrected chi connectivity index (χ0v) is 7.00. The van der Waals surface area contributed by atoms with Crippen molar-refractivity contribution in [3.8, 4) is 0 Å². The molecule has 2 radical (unpaired) electrons. The maximum atomic E-state index is 11.0. The van der Waals surface area contributed by atoms with Gasteiger partial charge in [-0.3, -0.25) is 0 Å². The first-order valence-corrected chi connectivity index (χ1v) is 3.45. The summed E-state index contributed by atoms with van der Waals surface area (Å²) in [6, 6.07) is 1.60. The summed E-state index contributed by atoms with van der Waals surface area (Å²) in [5.74, 6) is -0.446. The van der Waals surface area contributed by atoms with Crippen molar-refractivity contribution >= 4 is 19.3 Å². The third-order valence-electron chi connectivity index (χ3n) is 1.55. The van der Waals surface area contributed by atoms with E-state index in [1.807, 2.05) is 6.92 Å². The summed E-state index contributed by atoms with van der Waals surface area (Å²) in [7, 11) is 6.83. The number of hydrogen-bond acceptors (Lipinski definition) is 3. The number of esters is 1. The maximum absolute atomic E-state index is 11.0. The molecule has 1 aromatic rings. The summed E-state index contributed by atoms with van der Waals surface area (Å²) in [5.41, 5.74) is 1.68. The molecule has 0 unspecified atom stereocenters. The number of aromatic nitrogens is 1. The molecule has 3 nitrogen and oxygen atoms in total. The Kier molecular flexibility index (Phi) is 2.48. The highest BCUT2D eigenvalue weighted by atomic mass is 16.5.